The average Bonchev–Trinajstić information content (AvgIpc) is 3.08. The lowest BCUT2D eigenvalue weighted by molar-refractivity contribution is 0.815. The number of aromatic nitrogens is 3. The van der Waals surface area contributed by atoms with Gasteiger partial charge >= 0.3 is 0 Å². The standard InChI is InChI=1S/C15H11N3S2/c19-15-17-13-7-16-12-4-2-1-3-11(12)14(13)18(15)8-10-5-6-20-9-10/h1-7,9H,8H2,(H,17,19). The number of hydrogen-bond donors (Lipinski definition) is 1. The minimum absolute atomic E-state index is 0.740. The van der Waals surface area contributed by atoms with E-state index in [0.717, 1.165) is 33.3 Å². The van der Waals surface area contributed by atoms with E-state index in [1.165, 1.54) is 5.56 Å². The number of rotatable bonds is 2. The fraction of sp³-hybridized carbons (Fsp3) is 0.0667. The summed E-state index contributed by atoms with van der Waals surface area (Å²) in [6.45, 7) is 0.788. The first-order valence-corrected chi connectivity index (χ1v) is 7.65. The third kappa shape index (κ3) is 1.78. The van der Waals surface area contributed by atoms with Crippen molar-refractivity contribution in [1.82, 2.24) is 14.5 Å². The normalized spacial score (nSPS) is 11.4. The smallest absolute Gasteiger partial charge is 0.178 e. The summed E-state index contributed by atoms with van der Waals surface area (Å²) < 4.78 is 2.89. The van der Waals surface area contributed by atoms with Crippen LogP contribution in [0.1, 0.15) is 5.56 Å². The van der Waals surface area contributed by atoms with Crippen molar-refractivity contribution in [2.45, 2.75) is 6.54 Å². The monoisotopic (exact) mass is 297 g/mol. The second kappa shape index (κ2) is 4.54. The number of hydrogen-bond acceptors (Lipinski definition) is 3. The second-order valence-corrected chi connectivity index (χ2v) is 5.85. The molecule has 20 heavy (non-hydrogen) atoms. The van der Waals surface area contributed by atoms with E-state index < -0.39 is 0 Å². The molecule has 0 saturated carbocycles. The summed E-state index contributed by atoms with van der Waals surface area (Å²) in [6.07, 6.45) is 1.86. The number of aromatic amines is 1. The highest BCUT2D eigenvalue weighted by Crippen LogP contribution is 2.24. The fourth-order valence-corrected chi connectivity index (χ4v) is 3.43. The van der Waals surface area contributed by atoms with Crippen molar-refractivity contribution < 1.29 is 0 Å². The molecule has 0 saturated heterocycles. The Morgan fingerprint density at radius 1 is 1.25 bits per heavy atom. The van der Waals surface area contributed by atoms with Crippen LogP contribution < -0.4 is 0 Å². The number of fused-ring (bicyclic) bond motifs is 3. The third-order valence-corrected chi connectivity index (χ3v) is 4.48. The predicted octanol–water partition coefficient (Wildman–Crippen LogP) is 4.36. The molecule has 1 aromatic carbocycles. The van der Waals surface area contributed by atoms with Crippen molar-refractivity contribution >= 4 is 45.5 Å². The molecular formula is C15H11N3S2. The van der Waals surface area contributed by atoms with Crippen LogP contribution in [0.2, 0.25) is 0 Å². The Bertz CT molecular complexity index is 948. The van der Waals surface area contributed by atoms with Gasteiger partial charge in [-0.1, -0.05) is 18.2 Å². The van der Waals surface area contributed by atoms with Gasteiger partial charge in [0.25, 0.3) is 0 Å². The predicted molar refractivity (Wildman–Crippen MR) is 85.8 cm³/mol. The summed E-state index contributed by atoms with van der Waals surface area (Å²) in [4.78, 5) is 7.72. The first-order chi connectivity index (χ1) is 9.83. The molecule has 3 aromatic heterocycles. The lowest BCUT2D eigenvalue weighted by atomic mass is 10.2. The van der Waals surface area contributed by atoms with Crippen LogP contribution >= 0.6 is 23.6 Å². The number of pyridine rings is 1. The number of nitrogens with one attached hydrogen (secondary N) is 1. The molecule has 0 aliphatic heterocycles. The van der Waals surface area contributed by atoms with E-state index in [1.807, 2.05) is 24.4 Å². The number of imidazole rings is 1. The summed E-state index contributed by atoms with van der Waals surface area (Å²) in [5, 5.41) is 5.38. The highest BCUT2D eigenvalue weighted by molar-refractivity contribution is 7.71. The molecule has 1 N–H and O–H groups in total. The summed E-state index contributed by atoms with van der Waals surface area (Å²) in [6, 6.07) is 10.3. The first kappa shape index (κ1) is 11.8. The molecule has 0 unspecified atom stereocenters. The van der Waals surface area contributed by atoms with Crippen LogP contribution in [0, 0.1) is 4.77 Å². The molecule has 0 aliphatic carbocycles. The minimum Gasteiger partial charge on any atom is -0.329 e. The molecule has 5 heteroatoms. The van der Waals surface area contributed by atoms with E-state index in [2.05, 4.69) is 37.4 Å². The lowest BCUT2D eigenvalue weighted by Gasteiger charge is -2.05. The number of thiophene rings is 1. The molecule has 4 rings (SSSR count). The molecule has 0 aliphatic rings. The van der Waals surface area contributed by atoms with Crippen LogP contribution in [0.3, 0.4) is 0 Å². The Kier molecular flexibility index (Phi) is 2.68. The van der Waals surface area contributed by atoms with Gasteiger partial charge in [-0.3, -0.25) is 4.98 Å². The molecule has 0 radical (unpaired) electrons. The summed E-state index contributed by atoms with van der Waals surface area (Å²) in [5.41, 5.74) is 4.39. The molecule has 0 amide bonds. The molecule has 4 aromatic rings. The highest BCUT2D eigenvalue weighted by Gasteiger charge is 2.09. The van der Waals surface area contributed by atoms with Gasteiger partial charge in [-0.25, -0.2) is 0 Å². The Hall–Kier alpha value is -1.98. The Morgan fingerprint density at radius 2 is 2.15 bits per heavy atom. The number of para-hydroxylation sites is 1. The molecule has 98 valence electrons. The molecule has 0 atom stereocenters. The third-order valence-electron chi connectivity index (χ3n) is 3.42. The summed E-state index contributed by atoms with van der Waals surface area (Å²) >= 11 is 7.18. The summed E-state index contributed by atoms with van der Waals surface area (Å²) in [5.74, 6) is 0. The minimum atomic E-state index is 0.740. The maximum atomic E-state index is 5.47. The molecule has 0 spiro atoms. The van der Waals surface area contributed by atoms with Crippen molar-refractivity contribution in [1.29, 1.82) is 0 Å². The van der Waals surface area contributed by atoms with Gasteiger partial charge in [-0.2, -0.15) is 11.3 Å². The van der Waals surface area contributed by atoms with E-state index in [4.69, 9.17) is 12.2 Å². The second-order valence-electron chi connectivity index (χ2n) is 4.69. The van der Waals surface area contributed by atoms with Gasteiger partial charge in [0, 0.05) is 5.39 Å². The van der Waals surface area contributed by atoms with Crippen molar-refractivity contribution in [2.75, 3.05) is 0 Å². The highest BCUT2D eigenvalue weighted by atomic mass is 32.1. The average molecular weight is 297 g/mol. The Balaban J connectivity index is 2.06. The quantitative estimate of drug-likeness (QED) is 0.558. The zero-order valence-corrected chi connectivity index (χ0v) is 12.2. The maximum Gasteiger partial charge on any atom is 0.178 e. The van der Waals surface area contributed by atoms with Gasteiger partial charge in [-0.15, -0.1) is 0 Å². The molecule has 3 heterocycles. The van der Waals surface area contributed by atoms with E-state index in [9.17, 15) is 0 Å². The number of nitrogens with zero attached hydrogens (tertiary/aromatic N) is 2. The molecule has 0 bridgehead atoms. The molecule has 3 nitrogen and oxygen atoms in total. The van der Waals surface area contributed by atoms with Gasteiger partial charge in [0.2, 0.25) is 0 Å². The van der Waals surface area contributed by atoms with Crippen LogP contribution in [0.25, 0.3) is 21.9 Å². The zero-order valence-electron chi connectivity index (χ0n) is 10.5. The molecular weight excluding hydrogens is 286 g/mol. The number of H-pyrrole nitrogens is 1. The summed E-state index contributed by atoms with van der Waals surface area (Å²) in [7, 11) is 0. The van der Waals surface area contributed by atoms with Gasteiger partial charge in [0.1, 0.15) is 0 Å². The first-order valence-electron chi connectivity index (χ1n) is 6.30. The number of benzene rings is 1. The van der Waals surface area contributed by atoms with Crippen molar-refractivity contribution in [3.8, 4) is 0 Å². The van der Waals surface area contributed by atoms with E-state index >= 15 is 0 Å². The SMILES string of the molecule is S=c1[nH]c2cnc3ccccc3c2n1Cc1ccsc1. The van der Waals surface area contributed by atoms with Crippen molar-refractivity contribution in [3.63, 3.8) is 0 Å². The van der Waals surface area contributed by atoms with Crippen molar-refractivity contribution in [3.05, 3.63) is 57.6 Å². The van der Waals surface area contributed by atoms with Crippen molar-refractivity contribution in [2.24, 2.45) is 0 Å². The maximum absolute atomic E-state index is 5.47. The van der Waals surface area contributed by atoms with Gasteiger partial charge in [0.15, 0.2) is 4.77 Å². The van der Waals surface area contributed by atoms with Crippen LogP contribution in [0.4, 0.5) is 0 Å². The van der Waals surface area contributed by atoms with Gasteiger partial charge in [0.05, 0.1) is 29.3 Å². The Labute approximate surface area is 124 Å². The fourth-order valence-electron chi connectivity index (χ4n) is 2.51. The van der Waals surface area contributed by atoms with E-state index in [1.54, 1.807) is 11.3 Å². The Morgan fingerprint density at radius 3 is 3.00 bits per heavy atom. The van der Waals surface area contributed by atoms with Crippen LogP contribution in [-0.2, 0) is 6.54 Å². The van der Waals surface area contributed by atoms with Crippen LogP contribution in [0.5, 0.6) is 0 Å². The topological polar surface area (TPSA) is 33.6 Å². The van der Waals surface area contributed by atoms with E-state index in [-0.39, 0.29) is 0 Å². The molecule has 0 fully saturated rings. The van der Waals surface area contributed by atoms with Crippen LogP contribution in [0.15, 0.2) is 47.3 Å². The lowest BCUT2D eigenvalue weighted by Crippen LogP contribution is -1.99. The zero-order chi connectivity index (χ0) is 13.5. The van der Waals surface area contributed by atoms with Crippen LogP contribution in [-0.4, -0.2) is 14.5 Å². The van der Waals surface area contributed by atoms with Gasteiger partial charge < -0.3 is 9.55 Å². The van der Waals surface area contributed by atoms with E-state index in [0.29, 0.717) is 0 Å². The van der Waals surface area contributed by atoms with Gasteiger partial charge in [-0.05, 0) is 40.7 Å². The largest absolute Gasteiger partial charge is 0.329 e.